The summed E-state index contributed by atoms with van der Waals surface area (Å²) in [6, 6.07) is 5.58. The first kappa shape index (κ1) is 12.5. The molecule has 2 fully saturated rings. The lowest BCUT2D eigenvalue weighted by molar-refractivity contribution is -0.982. The molecule has 0 bridgehead atoms. The quantitative estimate of drug-likeness (QED) is 0.806. The van der Waals surface area contributed by atoms with Crippen LogP contribution in [0.3, 0.4) is 0 Å². The molecule has 20 heavy (non-hydrogen) atoms. The number of benzene rings is 1. The van der Waals surface area contributed by atoms with Crippen LogP contribution in [0.25, 0.3) is 0 Å². The minimum Gasteiger partial charge on any atom is -0.508 e. The van der Waals surface area contributed by atoms with Crippen LogP contribution in [0.5, 0.6) is 11.5 Å². The fraction of sp³-hybridized carbons (Fsp3) is 0.625. The van der Waals surface area contributed by atoms with Crippen molar-refractivity contribution in [3.05, 3.63) is 23.8 Å². The zero-order valence-electron chi connectivity index (χ0n) is 11.7. The lowest BCUT2D eigenvalue weighted by Gasteiger charge is -2.44. The third kappa shape index (κ3) is 1.75. The lowest BCUT2D eigenvalue weighted by atomic mass is 9.77. The topological polar surface area (TPSA) is 43.1 Å². The zero-order valence-corrected chi connectivity index (χ0v) is 11.7. The molecule has 2 heterocycles. The highest BCUT2D eigenvalue weighted by molar-refractivity contribution is 5.46. The third-order valence-corrected chi connectivity index (χ3v) is 5.21. The molecule has 3 aliphatic rings. The van der Waals surface area contributed by atoms with Gasteiger partial charge in [-0.3, -0.25) is 4.90 Å². The van der Waals surface area contributed by atoms with Gasteiger partial charge in [-0.15, -0.1) is 0 Å². The molecule has 4 heteroatoms. The van der Waals surface area contributed by atoms with Gasteiger partial charge in [0.25, 0.3) is 0 Å². The van der Waals surface area contributed by atoms with E-state index in [1.165, 1.54) is 29.7 Å². The number of hydrogen-bond donors (Lipinski definition) is 2. The van der Waals surface area contributed by atoms with Crippen LogP contribution in [0.2, 0.25) is 0 Å². The van der Waals surface area contributed by atoms with E-state index in [0.717, 1.165) is 38.5 Å². The normalized spacial score (nSPS) is 33.3. The molecule has 0 radical (unpaired) electrons. The molecule has 1 aromatic rings. The zero-order chi connectivity index (χ0) is 13.6. The predicted molar refractivity (Wildman–Crippen MR) is 74.2 cm³/mol. The summed E-state index contributed by atoms with van der Waals surface area (Å²) in [5.41, 5.74) is 1.10. The van der Waals surface area contributed by atoms with E-state index < -0.39 is 0 Å². The first-order valence-electron chi connectivity index (χ1n) is 7.74. The molecule has 1 saturated heterocycles. The molecule has 1 aliphatic carbocycles. The van der Waals surface area contributed by atoms with E-state index in [1.807, 2.05) is 12.1 Å². The minimum absolute atomic E-state index is 0.113. The van der Waals surface area contributed by atoms with Crippen molar-refractivity contribution in [1.82, 2.24) is 0 Å². The molecule has 0 unspecified atom stereocenters. The van der Waals surface area contributed by atoms with Gasteiger partial charge >= 0.3 is 0 Å². The molecule has 0 spiro atoms. The first-order valence-corrected chi connectivity index (χ1v) is 7.74. The maximum Gasteiger partial charge on any atom is 0.248 e. The standard InChI is InChI=1S/C16H21NO3/c18-12-4-5-15-13(11-12)14-3-1-2-6-16(14,20-15)17-7-9-19-10-8-17/h4-5,11,14,18H,1-3,6-10H2/p+1/t14-,16+/m1/s1. The Morgan fingerprint density at radius 3 is 2.90 bits per heavy atom. The largest absolute Gasteiger partial charge is 0.508 e. The average Bonchev–Trinajstić information content (AvgIpc) is 2.83. The van der Waals surface area contributed by atoms with Crippen LogP contribution in [0.1, 0.15) is 37.2 Å². The highest BCUT2D eigenvalue weighted by Crippen LogP contribution is 2.50. The van der Waals surface area contributed by atoms with Gasteiger partial charge in [0.05, 0.1) is 19.1 Å². The maximum absolute atomic E-state index is 9.80. The molecule has 1 aromatic carbocycles. The smallest absolute Gasteiger partial charge is 0.248 e. The molecule has 0 aromatic heterocycles. The number of fused-ring (bicyclic) bond motifs is 3. The molecule has 2 N–H and O–H groups in total. The van der Waals surface area contributed by atoms with Crippen LogP contribution in [0.4, 0.5) is 0 Å². The third-order valence-electron chi connectivity index (χ3n) is 5.21. The Balaban J connectivity index is 1.74. The van der Waals surface area contributed by atoms with Crippen LogP contribution < -0.4 is 9.64 Å². The highest BCUT2D eigenvalue weighted by Gasteiger charge is 2.57. The van der Waals surface area contributed by atoms with Gasteiger partial charge in [-0.05, 0) is 31.0 Å². The molecule has 0 amide bonds. The Kier molecular flexibility index (Phi) is 2.89. The van der Waals surface area contributed by atoms with Crippen molar-refractivity contribution in [2.24, 2.45) is 0 Å². The van der Waals surface area contributed by atoms with E-state index in [9.17, 15) is 5.11 Å². The van der Waals surface area contributed by atoms with Crippen molar-refractivity contribution >= 4 is 0 Å². The van der Waals surface area contributed by atoms with Crippen LogP contribution in [0.15, 0.2) is 18.2 Å². The number of rotatable bonds is 1. The van der Waals surface area contributed by atoms with Gasteiger partial charge in [0.2, 0.25) is 5.72 Å². The SMILES string of the molecule is Oc1ccc2c(c1)[C@H]1CCCC[C@]1([NH+]1CCOCC1)O2. The maximum atomic E-state index is 9.80. The molecule has 1 saturated carbocycles. The second-order valence-corrected chi connectivity index (χ2v) is 6.23. The number of aromatic hydroxyl groups is 1. The Bertz CT molecular complexity index is 512. The van der Waals surface area contributed by atoms with E-state index in [0.29, 0.717) is 11.7 Å². The number of quaternary nitrogens is 1. The van der Waals surface area contributed by atoms with Gasteiger partial charge < -0.3 is 14.6 Å². The van der Waals surface area contributed by atoms with Gasteiger partial charge in [0.1, 0.15) is 24.6 Å². The van der Waals surface area contributed by atoms with Gasteiger partial charge in [-0.1, -0.05) is 6.42 Å². The summed E-state index contributed by atoms with van der Waals surface area (Å²) in [7, 11) is 0. The monoisotopic (exact) mass is 276 g/mol. The van der Waals surface area contributed by atoms with E-state index in [-0.39, 0.29) is 5.72 Å². The summed E-state index contributed by atoms with van der Waals surface area (Å²) < 4.78 is 12.0. The fourth-order valence-electron chi connectivity index (χ4n) is 4.31. The Hall–Kier alpha value is -1.26. The molecule has 108 valence electrons. The van der Waals surface area contributed by atoms with Crippen molar-refractivity contribution in [3.63, 3.8) is 0 Å². The Labute approximate surface area is 119 Å². The van der Waals surface area contributed by atoms with Crippen molar-refractivity contribution in [1.29, 1.82) is 0 Å². The lowest BCUT2D eigenvalue weighted by Crippen LogP contribution is -3.23. The molecule has 4 rings (SSSR count). The van der Waals surface area contributed by atoms with Gasteiger partial charge in [-0.25, -0.2) is 0 Å². The molecular weight excluding hydrogens is 254 g/mol. The number of morpholine rings is 1. The van der Waals surface area contributed by atoms with Crippen LogP contribution in [0, 0.1) is 0 Å². The number of phenols is 1. The summed E-state index contributed by atoms with van der Waals surface area (Å²) in [6.07, 6.45) is 4.78. The number of nitrogens with one attached hydrogen (secondary N) is 1. The summed E-state index contributed by atoms with van der Waals surface area (Å²) in [4.78, 5) is 1.53. The Morgan fingerprint density at radius 2 is 2.05 bits per heavy atom. The highest BCUT2D eigenvalue weighted by atomic mass is 16.5. The first-order chi connectivity index (χ1) is 9.79. The van der Waals surface area contributed by atoms with Crippen LogP contribution in [-0.2, 0) is 4.74 Å². The Morgan fingerprint density at radius 1 is 1.20 bits per heavy atom. The minimum atomic E-state index is -0.113. The number of phenolic OH excluding ortho intramolecular Hbond substituents is 1. The van der Waals surface area contributed by atoms with E-state index in [4.69, 9.17) is 9.47 Å². The van der Waals surface area contributed by atoms with E-state index in [2.05, 4.69) is 0 Å². The van der Waals surface area contributed by atoms with Crippen molar-refractivity contribution in [3.8, 4) is 11.5 Å². The molecule has 2 aliphatic heterocycles. The second kappa shape index (κ2) is 4.64. The van der Waals surface area contributed by atoms with E-state index >= 15 is 0 Å². The summed E-state index contributed by atoms with van der Waals surface area (Å²) in [6.45, 7) is 3.70. The molecule has 4 nitrogen and oxygen atoms in total. The summed E-state index contributed by atoms with van der Waals surface area (Å²) in [5.74, 6) is 1.76. The van der Waals surface area contributed by atoms with Crippen LogP contribution >= 0.6 is 0 Å². The van der Waals surface area contributed by atoms with Crippen LogP contribution in [-0.4, -0.2) is 37.1 Å². The summed E-state index contributed by atoms with van der Waals surface area (Å²) >= 11 is 0. The summed E-state index contributed by atoms with van der Waals surface area (Å²) in [5, 5.41) is 9.80. The molecule has 2 atom stereocenters. The fourth-order valence-corrected chi connectivity index (χ4v) is 4.31. The van der Waals surface area contributed by atoms with Crippen molar-refractivity contribution in [2.75, 3.05) is 26.3 Å². The molecular formula is C16H22NO3+. The number of ether oxygens (including phenoxy) is 2. The van der Waals surface area contributed by atoms with Crippen molar-refractivity contribution < 1.29 is 19.5 Å². The van der Waals surface area contributed by atoms with Gasteiger partial charge in [0, 0.05) is 12.0 Å². The predicted octanol–water partition coefficient (Wildman–Crippen LogP) is 1.05. The number of hydrogen-bond acceptors (Lipinski definition) is 3. The van der Waals surface area contributed by atoms with Gasteiger partial charge in [0.15, 0.2) is 0 Å². The van der Waals surface area contributed by atoms with E-state index in [1.54, 1.807) is 6.07 Å². The second-order valence-electron chi connectivity index (χ2n) is 6.23. The van der Waals surface area contributed by atoms with Crippen molar-refractivity contribution in [2.45, 2.75) is 37.3 Å². The average molecular weight is 276 g/mol. The van der Waals surface area contributed by atoms with Gasteiger partial charge in [-0.2, -0.15) is 0 Å².